The highest BCUT2D eigenvalue weighted by Gasteiger charge is 2.57. The minimum Gasteiger partial charge on any atom is -0.477 e. The number of carboxylic acids is 1. The lowest BCUT2D eigenvalue weighted by molar-refractivity contribution is 0.0702. The van der Waals surface area contributed by atoms with Gasteiger partial charge in [0, 0.05) is 42.2 Å². The highest BCUT2D eigenvalue weighted by Crippen LogP contribution is 2.48. The zero-order valence-electron chi connectivity index (χ0n) is 18.5. The summed E-state index contributed by atoms with van der Waals surface area (Å²) in [7, 11) is 0. The number of halogens is 2. The van der Waals surface area contributed by atoms with Gasteiger partial charge >= 0.3 is 5.97 Å². The number of carbonyl (C=O) groups is 2. The molecule has 10 heteroatoms. The van der Waals surface area contributed by atoms with Crippen LogP contribution in [0.1, 0.15) is 25.9 Å². The van der Waals surface area contributed by atoms with Crippen LogP contribution < -0.4 is 10.2 Å². The second-order valence-corrected chi connectivity index (χ2v) is 10.8. The molecule has 7 nitrogen and oxygen atoms in total. The van der Waals surface area contributed by atoms with Gasteiger partial charge in [-0.25, -0.2) is 9.78 Å². The molecule has 178 valence electrons. The molecule has 0 radical (unpaired) electrons. The van der Waals surface area contributed by atoms with Crippen molar-refractivity contribution in [2.24, 2.45) is 11.8 Å². The predicted molar refractivity (Wildman–Crippen MR) is 138 cm³/mol. The molecule has 2 aromatic carbocycles. The van der Waals surface area contributed by atoms with Crippen molar-refractivity contribution in [2.75, 3.05) is 18.0 Å². The van der Waals surface area contributed by atoms with Gasteiger partial charge in [-0.15, -0.1) is 0 Å². The fourth-order valence-electron chi connectivity index (χ4n) is 4.97. The summed E-state index contributed by atoms with van der Waals surface area (Å²) in [5.41, 5.74) is 2.21. The van der Waals surface area contributed by atoms with Gasteiger partial charge < -0.3 is 20.3 Å². The number of aromatic amines is 1. The van der Waals surface area contributed by atoms with E-state index in [9.17, 15) is 14.7 Å². The van der Waals surface area contributed by atoms with E-state index in [0.717, 1.165) is 16.3 Å². The number of hydrogen-bond donors (Lipinski definition) is 3. The lowest BCUT2D eigenvalue weighted by atomic mass is 10.0. The fraction of sp³-hybridized carbons (Fsp3) is 0.240. The molecule has 1 unspecified atom stereocenters. The molecule has 0 spiro atoms. The van der Waals surface area contributed by atoms with Crippen molar-refractivity contribution in [1.29, 1.82) is 0 Å². The quantitative estimate of drug-likeness (QED) is 0.320. The number of carboxylic acid groups (broad SMARTS) is 1. The van der Waals surface area contributed by atoms with E-state index in [-0.39, 0.29) is 39.4 Å². The molecule has 35 heavy (non-hydrogen) atoms. The lowest BCUT2D eigenvalue weighted by Gasteiger charge is -2.19. The number of nitrogens with one attached hydrogen (secondary N) is 2. The molecule has 6 rings (SSSR count). The van der Waals surface area contributed by atoms with Crippen molar-refractivity contribution < 1.29 is 14.7 Å². The molecular weight excluding hydrogens is 507 g/mol. The third-order valence-corrected chi connectivity index (χ3v) is 8.93. The molecule has 1 aliphatic heterocycles. The van der Waals surface area contributed by atoms with Crippen molar-refractivity contribution in [2.45, 2.75) is 13.0 Å². The number of aromatic nitrogens is 2. The summed E-state index contributed by atoms with van der Waals surface area (Å²) >= 11 is 13.5. The summed E-state index contributed by atoms with van der Waals surface area (Å²) in [6.45, 7) is 3.18. The number of hydrogen-bond acceptors (Lipinski definition) is 5. The number of anilines is 1. The number of benzene rings is 2. The van der Waals surface area contributed by atoms with Crippen LogP contribution in [0.2, 0.25) is 10.0 Å². The maximum atomic E-state index is 12.7. The molecule has 1 aliphatic carbocycles. The van der Waals surface area contributed by atoms with Crippen LogP contribution in [-0.2, 0) is 0 Å². The van der Waals surface area contributed by atoms with Crippen LogP contribution in [0.5, 0.6) is 0 Å². The van der Waals surface area contributed by atoms with Crippen LogP contribution in [-0.4, -0.2) is 46.1 Å². The minimum atomic E-state index is -0.983. The van der Waals surface area contributed by atoms with E-state index in [0.29, 0.717) is 34.6 Å². The van der Waals surface area contributed by atoms with Crippen LogP contribution >= 0.6 is 34.5 Å². The average molecular weight is 527 g/mol. The molecule has 1 amide bonds. The summed E-state index contributed by atoms with van der Waals surface area (Å²) in [5.74, 6) is -0.684. The summed E-state index contributed by atoms with van der Waals surface area (Å²) in [4.78, 5) is 34.7. The van der Waals surface area contributed by atoms with Gasteiger partial charge in [0.25, 0.3) is 5.91 Å². The van der Waals surface area contributed by atoms with E-state index < -0.39 is 5.97 Å². The standard InChI is InChI=1S/C25H20Cl2N4O3S/c1-11-17(26)18(27)21(28-11)23(32)29-20-15-9-31(10-16(15)20)25-30-19(22(35-25)24(33)34)14-7-6-12-4-2-3-5-13(12)8-14/h2-8,15-16,20,28H,9-10H2,1H3,(H,29,32)(H,33,34)/t15-,16+,20?. The molecule has 1 saturated carbocycles. The molecule has 3 heterocycles. The maximum absolute atomic E-state index is 12.7. The third kappa shape index (κ3) is 3.76. The molecule has 0 bridgehead atoms. The second kappa shape index (κ2) is 8.26. The Balaban J connectivity index is 1.19. The number of thiazole rings is 1. The summed E-state index contributed by atoms with van der Waals surface area (Å²) in [6, 6.07) is 13.9. The van der Waals surface area contributed by atoms with E-state index in [1.807, 2.05) is 42.5 Å². The Kier molecular flexibility index (Phi) is 5.28. The van der Waals surface area contributed by atoms with Gasteiger partial charge in [-0.2, -0.15) is 0 Å². The smallest absolute Gasteiger partial charge is 0.348 e. The van der Waals surface area contributed by atoms with Crippen LogP contribution in [0, 0.1) is 18.8 Å². The number of H-pyrrole nitrogens is 1. The molecular formula is C25H20Cl2N4O3S. The van der Waals surface area contributed by atoms with Gasteiger partial charge in [0.2, 0.25) is 0 Å². The van der Waals surface area contributed by atoms with Crippen LogP contribution in [0.15, 0.2) is 42.5 Å². The number of aromatic carboxylic acids is 1. The Morgan fingerprint density at radius 1 is 1.11 bits per heavy atom. The third-order valence-electron chi connectivity index (χ3n) is 6.88. The van der Waals surface area contributed by atoms with Gasteiger partial charge in [0.05, 0.1) is 15.7 Å². The van der Waals surface area contributed by atoms with Crippen molar-refractivity contribution in [3.63, 3.8) is 0 Å². The Morgan fingerprint density at radius 2 is 1.83 bits per heavy atom. The minimum absolute atomic E-state index is 0.0519. The Hall–Kier alpha value is -3.07. The monoisotopic (exact) mass is 526 g/mol. The molecule has 3 N–H and O–H groups in total. The SMILES string of the molecule is Cc1[nH]c(C(=O)NC2[C@H]3CN(c4nc(-c5ccc6ccccc6c5)c(C(=O)O)s4)C[C@@H]23)c(Cl)c1Cl. The summed E-state index contributed by atoms with van der Waals surface area (Å²) < 4.78 is 0. The van der Waals surface area contributed by atoms with E-state index in [1.54, 1.807) is 6.92 Å². The number of aryl methyl sites for hydroxylation is 1. The summed E-state index contributed by atoms with van der Waals surface area (Å²) in [6.07, 6.45) is 0. The fourth-order valence-corrected chi connectivity index (χ4v) is 6.33. The van der Waals surface area contributed by atoms with E-state index in [4.69, 9.17) is 28.2 Å². The highest BCUT2D eigenvalue weighted by molar-refractivity contribution is 7.17. The normalized spacial score (nSPS) is 20.8. The van der Waals surface area contributed by atoms with E-state index >= 15 is 0 Å². The highest BCUT2D eigenvalue weighted by atomic mass is 35.5. The van der Waals surface area contributed by atoms with Crippen molar-refractivity contribution in [3.05, 3.63) is 68.8 Å². The first-order valence-electron chi connectivity index (χ1n) is 11.1. The zero-order valence-corrected chi connectivity index (χ0v) is 20.8. The molecule has 2 aromatic heterocycles. The number of fused-ring (bicyclic) bond motifs is 2. The number of carbonyl (C=O) groups excluding carboxylic acids is 1. The van der Waals surface area contributed by atoms with Gasteiger partial charge in [0.15, 0.2) is 5.13 Å². The van der Waals surface area contributed by atoms with E-state index in [1.165, 1.54) is 11.3 Å². The average Bonchev–Trinajstić information content (AvgIpc) is 3.24. The van der Waals surface area contributed by atoms with Gasteiger partial charge in [-0.1, -0.05) is 70.9 Å². The Bertz CT molecular complexity index is 1500. The number of rotatable bonds is 5. The number of piperidine rings is 1. The summed E-state index contributed by atoms with van der Waals surface area (Å²) in [5, 5.41) is 16.3. The Labute approximate surface area is 214 Å². The number of amides is 1. The maximum Gasteiger partial charge on any atom is 0.348 e. The second-order valence-electron chi connectivity index (χ2n) is 9.03. The van der Waals surface area contributed by atoms with Gasteiger partial charge in [0.1, 0.15) is 10.6 Å². The van der Waals surface area contributed by atoms with E-state index in [2.05, 4.69) is 15.2 Å². The first-order valence-corrected chi connectivity index (χ1v) is 12.7. The first kappa shape index (κ1) is 22.4. The van der Waals surface area contributed by atoms with Crippen LogP contribution in [0.25, 0.3) is 22.0 Å². The van der Waals surface area contributed by atoms with Crippen molar-refractivity contribution in [3.8, 4) is 11.3 Å². The zero-order chi connectivity index (χ0) is 24.4. The van der Waals surface area contributed by atoms with Gasteiger partial charge in [-0.3, -0.25) is 4.79 Å². The van der Waals surface area contributed by atoms with Crippen LogP contribution in [0.3, 0.4) is 0 Å². The largest absolute Gasteiger partial charge is 0.477 e. The van der Waals surface area contributed by atoms with Crippen LogP contribution in [0.4, 0.5) is 5.13 Å². The number of nitrogens with zero attached hydrogens (tertiary/aromatic N) is 2. The molecule has 1 saturated heterocycles. The lowest BCUT2D eigenvalue weighted by Crippen LogP contribution is -2.34. The van der Waals surface area contributed by atoms with Crippen molar-refractivity contribution in [1.82, 2.24) is 15.3 Å². The molecule has 3 atom stereocenters. The molecule has 2 aliphatic rings. The molecule has 2 fully saturated rings. The first-order chi connectivity index (χ1) is 16.8. The van der Waals surface area contributed by atoms with Crippen molar-refractivity contribution >= 4 is 62.3 Å². The Morgan fingerprint density at radius 3 is 2.49 bits per heavy atom. The van der Waals surface area contributed by atoms with Gasteiger partial charge in [-0.05, 0) is 23.8 Å². The predicted octanol–water partition coefficient (Wildman–Crippen LogP) is 5.47. The molecule has 4 aromatic rings. The topological polar surface area (TPSA) is 98.3 Å².